The lowest BCUT2D eigenvalue weighted by molar-refractivity contribution is 0.104. The largest absolute Gasteiger partial charge is 0.508 e. The number of hydrogen-bond acceptors (Lipinski definition) is 2. The minimum absolute atomic E-state index is 0.112. The number of aromatic nitrogens is 1. The third-order valence-corrected chi connectivity index (χ3v) is 4.39. The van der Waals surface area contributed by atoms with E-state index in [1.165, 1.54) is 6.08 Å². The van der Waals surface area contributed by atoms with E-state index in [4.69, 9.17) is 11.6 Å². The van der Waals surface area contributed by atoms with Gasteiger partial charge in [0.25, 0.3) is 0 Å². The summed E-state index contributed by atoms with van der Waals surface area (Å²) in [5, 5.41) is 11.1. The van der Waals surface area contributed by atoms with Crippen molar-refractivity contribution in [2.45, 2.75) is 6.92 Å². The van der Waals surface area contributed by atoms with Crippen molar-refractivity contribution in [3.05, 3.63) is 70.4 Å². The minimum Gasteiger partial charge on any atom is -0.508 e. The van der Waals surface area contributed by atoms with Crippen LogP contribution in [0.15, 0.2) is 48.5 Å². The van der Waals surface area contributed by atoms with Crippen LogP contribution < -0.4 is 0 Å². The summed E-state index contributed by atoms with van der Waals surface area (Å²) in [6.45, 7) is 1.90. The van der Waals surface area contributed by atoms with Crippen LogP contribution in [0.2, 0.25) is 5.02 Å². The van der Waals surface area contributed by atoms with Crippen molar-refractivity contribution in [3.63, 3.8) is 0 Å². The van der Waals surface area contributed by atoms with Gasteiger partial charge in [0.15, 0.2) is 5.78 Å². The number of aromatic hydroxyl groups is 1. The van der Waals surface area contributed by atoms with Crippen LogP contribution in [0.5, 0.6) is 5.75 Å². The van der Waals surface area contributed by atoms with Crippen molar-refractivity contribution in [1.82, 2.24) is 4.57 Å². The van der Waals surface area contributed by atoms with E-state index in [0.717, 1.165) is 22.2 Å². The SMILES string of the molecule is Cc1c(C(=O)/C=C/c2ccccc2Cl)c2cc(O)ccc2n1C. The Morgan fingerprint density at radius 1 is 1.22 bits per heavy atom. The Bertz CT molecular complexity index is 938. The number of halogens is 1. The number of carbonyl (C=O) groups excluding carboxylic acids is 1. The minimum atomic E-state index is -0.112. The fraction of sp³-hybridized carbons (Fsp3) is 0.105. The standard InChI is InChI=1S/C19H16ClNO2/c1-12-19(15-11-14(22)8-9-17(15)21(12)2)18(23)10-7-13-5-3-4-6-16(13)20/h3-11,22H,1-2H3/b10-7+. The molecule has 23 heavy (non-hydrogen) atoms. The Kier molecular flexibility index (Phi) is 3.97. The lowest BCUT2D eigenvalue weighted by Crippen LogP contribution is -1.98. The first kappa shape index (κ1) is 15.4. The predicted octanol–water partition coefficient (Wildman–Crippen LogP) is 4.74. The molecular weight excluding hydrogens is 310 g/mol. The molecule has 0 saturated heterocycles. The molecule has 2 aromatic carbocycles. The first-order chi connectivity index (χ1) is 11.0. The summed E-state index contributed by atoms with van der Waals surface area (Å²) in [5.41, 5.74) is 3.17. The number of carbonyl (C=O) groups is 1. The van der Waals surface area contributed by atoms with Crippen molar-refractivity contribution < 1.29 is 9.90 Å². The first-order valence-electron chi connectivity index (χ1n) is 7.24. The topological polar surface area (TPSA) is 42.2 Å². The zero-order valence-electron chi connectivity index (χ0n) is 12.9. The van der Waals surface area contributed by atoms with Crippen LogP contribution in [-0.2, 0) is 7.05 Å². The highest BCUT2D eigenvalue weighted by Gasteiger charge is 2.17. The molecule has 0 unspecified atom stereocenters. The fourth-order valence-electron chi connectivity index (χ4n) is 2.73. The van der Waals surface area contributed by atoms with Gasteiger partial charge in [-0.2, -0.15) is 0 Å². The van der Waals surface area contributed by atoms with Crippen molar-refractivity contribution in [2.75, 3.05) is 0 Å². The molecular formula is C19H16ClNO2. The summed E-state index contributed by atoms with van der Waals surface area (Å²) in [6.07, 6.45) is 3.23. The molecule has 0 aliphatic rings. The zero-order valence-corrected chi connectivity index (χ0v) is 13.6. The van der Waals surface area contributed by atoms with Crippen molar-refractivity contribution in [1.29, 1.82) is 0 Å². The first-order valence-corrected chi connectivity index (χ1v) is 7.62. The molecule has 0 aliphatic carbocycles. The highest BCUT2D eigenvalue weighted by atomic mass is 35.5. The number of benzene rings is 2. The van der Waals surface area contributed by atoms with Gasteiger partial charge in [-0.3, -0.25) is 4.79 Å². The van der Waals surface area contributed by atoms with Gasteiger partial charge in [0.05, 0.1) is 5.56 Å². The molecule has 0 fully saturated rings. The molecule has 1 aromatic heterocycles. The summed E-state index contributed by atoms with van der Waals surface area (Å²) >= 11 is 6.11. The number of allylic oxidation sites excluding steroid dienone is 1. The highest BCUT2D eigenvalue weighted by Crippen LogP contribution is 2.29. The highest BCUT2D eigenvalue weighted by molar-refractivity contribution is 6.32. The van der Waals surface area contributed by atoms with Gasteiger partial charge in [0.1, 0.15) is 5.75 Å². The molecule has 0 atom stereocenters. The summed E-state index contributed by atoms with van der Waals surface area (Å²) < 4.78 is 1.95. The molecule has 0 aliphatic heterocycles. The monoisotopic (exact) mass is 325 g/mol. The zero-order chi connectivity index (χ0) is 16.6. The molecule has 3 nitrogen and oxygen atoms in total. The van der Waals surface area contributed by atoms with Gasteiger partial charge in [-0.1, -0.05) is 29.8 Å². The second-order valence-electron chi connectivity index (χ2n) is 5.44. The van der Waals surface area contributed by atoms with Gasteiger partial charge in [-0.15, -0.1) is 0 Å². The Hall–Kier alpha value is -2.52. The second-order valence-corrected chi connectivity index (χ2v) is 5.85. The van der Waals surface area contributed by atoms with Gasteiger partial charge < -0.3 is 9.67 Å². The molecule has 3 rings (SSSR count). The lowest BCUT2D eigenvalue weighted by atomic mass is 10.1. The van der Waals surface area contributed by atoms with E-state index in [1.54, 1.807) is 24.3 Å². The van der Waals surface area contributed by atoms with Crippen LogP contribution >= 0.6 is 11.6 Å². The Morgan fingerprint density at radius 3 is 2.70 bits per heavy atom. The van der Waals surface area contributed by atoms with Crippen LogP contribution in [-0.4, -0.2) is 15.5 Å². The number of aryl methyl sites for hydroxylation is 1. The molecule has 3 aromatic rings. The number of hydrogen-bond donors (Lipinski definition) is 1. The quantitative estimate of drug-likeness (QED) is 0.558. The van der Waals surface area contributed by atoms with Crippen LogP contribution in [0.3, 0.4) is 0 Å². The van der Waals surface area contributed by atoms with E-state index < -0.39 is 0 Å². The van der Waals surface area contributed by atoms with Crippen molar-refractivity contribution in [3.8, 4) is 5.75 Å². The average molecular weight is 326 g/mol. The Morgan fingerprint density at radius 2 is 1.96 bits per heavy atom. The molecule has 4 heteroatoms. The summed E-state index contributed by atoms with van der Waals surface area (Å²) in [4.78, 5) is 12.7. The number of phenolic OH excluding ortho intramolecular Hbond substituents is 1. The van der Waals surface area contributed by atoms with E-state index in [1.807, 2.05) is 42.8 Å². The molecule has 0 saturated carbocycles. The van der Waals surface area contributed by atoms with E-state index >= 15 is 0 Å². The van der Waals surface area contributed by atoms with Gasteiger partial charge in [-0.05, 0) is 48.9 Å². The molecule has 0 radical (unpaired) electrons. The Labute approximate surface area is 139 Å². The molecule has 0 spiro atoms. The second kappa shape index (κ2) is 5.94. The lowest BCUT2D eigenvalue weighted by Gasteiger charge is -1.99. The van der Waals surface area contributed by atoms with Crippen molar-refractivity contribution >= 4 is 34.4 Å². The third kappa shape index (κ3) is 2.76. The molecule has 0 bridgehead atoms. The maximum Gasteiger partial charge on any atom is 0.188 e. The maximum atomic E-state index is 12.7. The van der Waals surface area contributed by atoms with E-state index in [9.17, 15) is 9.90 Å². The van der Waals surface area contributed by atoms with Crippen molar-refractivity contribution in [2.24, 2.45) is 7.05 Å². The number of rotatable bonds is 3. The molecule has 0 amide bonds. The predicted molar refractivity (Wildman–Crippen MR) is 94.1 cm³/mol. The smallest absolute Gasteiger partial charge is 0.188 e. The Balaban J connectivity index is 2.06. The summed E-state index contributed by atoms with van der Waals surface area (Å²) in [6, 6.07) is 12.4. The number of ketones is 1. The van der Waals surface area contributed by atoms with Gasteiger partial charge in [0, 0.05) is 28.7 Å². The maximum absolute atomic E-state index is 12.7. The van der Waals surface area contributed by atoms with Gasteiger partial charge in [-0.25, -0.2) is 0 Å². The molecule has 1 heterocycles. The number of nitrogens with zero attached hydrogens (tertiary/aromatic N) is 1. The normalized spacial score (nSPS) is 11.4. The van der Waals surface area contributed by atoms with Crippen LogP contribution in [0.1, 0.15) is 21.6 Å². The fourth-order valence-corrected chi connectivity index (χ4v) is 2.93. The van der Waals surface area contributed by atoms with E-state index in [0.29, 0.717) is 10.6 Å². The van der Waals surface area contributed by atoms with Crippen LogP contribution in [0.25, 0.3) is 17.0 Å². The van der Waals surface area contributed by atoms with Gasteiger partial charge >= 0.3 is 0 Å². The third-order valence-electron chi connectivity index (χ3n) is 4.04. The van der Waals surface area contributed by atoms with Crippen LogP contribution in [0.4, 0.5) is 0 Å². The number of fused-ring (bicyclic) bond motifs is 1. The molecule has 116 valence electrons. The summed E-state index contributed by atoms with van der Waals surface area (Å²) in [5.74, 6) is 0.0332. The van der Waals surface area contributed by atoms with Crippen LogP contribution in [0, 0.1) is 6.92 Å². The van der Waals surface area contributed by atoms with E-state index in [-0.39, 0.29) is 11.5 Å². The summed E-state index contributed by atoms with van der Waals surface area (Å²) in [7, 11) is 1.91. The molecule has 1 N–H and O–H groups in total. The van der Waals surface area contributed by atoms with Gasteiger partial charge in [0.2, 0.25) is 0 Å². The average Bonchev–Trinajstić information content (AvgIpc) is 2.77. The van der Waals surface area contributed by atoms with E-state index in [2.05, 4.69) is 0 Å². The number of phenols is 1.